The van der Waals surface area contributed by atoms with Crippen LogP contribution in [0.25, 0.3) is 0 Å². The molecule has 0 atom stereocenters. The summed E-state index contributed by atoms with van der Waals surface area (Å²) in [7, 11) is -1.90. The van der Waals surface area contributed by atoms with Crippen molar-refractivity contribution in [1.82, 2.24) is 0 Å². The highest BCUT2D eigenvalue weighted by molar-refractivity contribution is 6.59. The zero-order valence-corrected chi connectivity index (χ0v) is 8.98. The van der Waals surface area contributed by atoms with E-state index in [0.29, 0.717) is 6.61 Å². The first-order valence-corrected chi connectivity index (χ1v) is 5.08. The Morgan fingerprint density at radius 2 is 2.06 bits per heavy atom. The van der Waals surface area contributed by atoms with Crippen LogP contribution in [0.15, 0.2) is 12.1 Å². The third-order valence-electron chi connectivity index (χ3n) is 2.15. The van der Waals surface area contributed by atoms with Gasteiger partial charge in [-0.25, -0.2) is 0 Å². The van der Waals surface area contributed by atoms with Crippen molar-refractivity contribution in [3.05, 3.63) is 17.9 Å². The van der Waals surface area contributed by atoms with E-state index in [1.165, 1.54) is 12.1 Å². The van der Waals surface area contributed by atoms with E-state index < -0.39 is 18.7 Å². The Labute approximate surface area is 93.4 Å². The molecule has 0 bridgehead atoms. The molecule has 0 unspecified atom stereocenters. The number of halogens is 1. The molecule has 1 aromatic carbocycles. The molecule has 0 amide bonds. The summed E-state index contributed by atoms with van der Waals surface area (Å²) in [5.41, 5.74) is -0.277. The van der Waals surface area contributed by atoms with Gasteiger partial charge in [0.05, 0.1) is 6.61 Å². The van der Waals surface area contributed by atoms with Crippen LogP contribution >= 0.6 is 0 Å². The molecule has 0 aliphatic rings. The Morgan fingerprint density at radius 3 is 2.62 bits per heavy atom. The number of phenolic OH excluding ortho intramolecular Hbond substituents is 1. The summed E-state index contributed by atoms with van der Waals surface area (Å²) < 4.78 is 18.5. The SMILES string of the molecule is CCCCOc1ccc(B(O)O)c(O)c1F. The van der Waals surface area contributed by atoms with Crippen molar-refractivity contribution in [2.45, 2.75) is 19.8 Å². The van der Waals surface area contributed by atoms with Gasteiger partial charge in [-0.2, -0.15) is 4.39 Å². The van der Waals surface area contributed by atoms with Crippen molar-refractivity contribution in [3.8, 4) is 11.5 Å². The first-order chi connectivity index (χ1) is 7.57. The zero-order chi connectivity index (χ0) is 12.1. The predicted octanol–water partition coefficient (Wildman–Crippen LogP) is 0.390. The second-order valence-electron chi connectivity index (χ2n) is 3.39. The second kappa shape index (κ2) is 5.72. The number of phenols is 1. The molecule has 1 rings (SSSR count). The molecule has 0 spiro atoms. The van der Waals surface area contributed by atoms with Crippen LogP contribution in [0.1, 0.15) is 19.8 Å². The Bertz CT molecular complexity index is 357. The minimum absolute atomic E-state index is 0.0876. The van der Waals surface area contributed by atoms with E-state index in [1.54, 1.807) is 0 Å². The first-order valence-electron chi connectivity index (χ1n) is 5.08. The van der Waals surface area contributed by atoms with Crippen molar-refractivity contribution >= 4 is 12.6 Å². The van der Waals surface area contributed by atoms with Gasteiger partial charge in [-0.3, -0.25) is 0 Å². The Morgan fingerprint density at radius 1 is 1.38 bits per heavy atom. The maximum Gasteiger partial charge on any atom is 0.492 e. The normalized spacial score (nSPS) is 10.2. The van der Waals surface area contributed by atoms with Crippen LogP contribution in [0.5, 0.6) is 11.5 Å². The van der Waals surface area contributed by atoms with Crippen LogP contribution < -0.4 is 10.2 Å². The largest absolute Gasteiger partial charge is 0.505 e. The van der Waals surface area contributed by atoms with Crippen LogP contribution in [0.3, 0.4) is 0 Å². The molecule has 0 radical (unpaired) electrons. The summed E-state index contributed by atoms with van der Waals surface area (Å²) in [6, 6.07) is 2.48. The average Bonchev–Trinajstić information content (AvgIpc) is 2.24. The number of hydrogen-bond donors (Lipinski definition) is 3. The van der Waals surface area contributed by atoms with Crippen LogP contribution in [-0.4, -0.2) is 28.9 Å². The number of hydrogen-bond acceptors (Lipinski definition) is 4. The Balaban J connectivity index is 2.85. The molecule has 4 nitrogen and oxygen atoms in total. The second-order valence-corrected chi connectivity index (χ2v) is 3.39. The number of aromatic hydroxyl groups is 1. The van der Waals surface area contributed by atoms with E-state index >= 15 is 0 Å². The fourth-order valence-electron chi connectivity index (χ4n) is 1.21. The molecule has 0 saturated heterocycles. The predicted molar refractivity (Wildman–Crippen MR) is 58.3 cm³/mol. The zero-order valence-electron chi connectivity index (χ0n) is 8.98. The number of rotatable bonds is 5. The highest BCUT2D eigenvalue weighted by Crippen LogP contribution is 2.24. The van der Waals surface area contributed by atoms with Gasteiger partial charge in [0, 0.05) is 5.46 Å². The molecule has 6 heteroatoms. The number of unbranched alkanes of at least 4 members (excludes halogenated alkanes) is 1. The summed E-state index contributed by atoms with van der Waals surface area (Å²) in [4.78, 5) is 0. The fraction of sp³-hybridized carbons (Fsp3) is 0.400. The maximum absolute atomic E-state index is 13.5. The molecule has 88 valence electrons. The molecule has 0 saturated carbocycles. The van der Waals surface area contributed by atoms with Gasteiger partial charge >= 0.3 is 7.12 Å². The van der Waals surface area contributed by atoms with Gasteiger partial charge in [0.15, 0.2) is 11.5 Å². The summed E-state index contributed by atoms with van der Waals surface area (Å²) in [5.74, 6) is -1.85. The highest BCUT2D eigenvalue weighted by Gasteiger charge is 2.21. The van der Waals surface area contributed by atoms with E-state index in [9.17, 15) is 9.50 Å². The molecular formula is C10H14BFO4. The van der Waals surface area contributed by atoms with Crippen molar-refractivity contribution in [2.75, 3.05) is 6.61 Å². The summed E-state index contributed by atoms with van der Waals surface area (Å²) in [5, 5.41) is 27.0. The standard InChI is InChI=1S/C10H14BFO4/c1-2-3-6-16-8-5-4-7(11(14)15)10(13)9(8)12/h4-5,13-15H,2-3,6H2,1H3. The van der Waals surface area contributed by atoms with Crippen molar-refractivity contribution < 1.29 is 24.3 Å². The van der Waals surface area contributed by atoms with Crippen LogP contribution in [0.2, 0.25) is 0 Å². The van der Waals surface area contributed by atoms with E-state index in [2.05, 4.69) is 0 Å². The Hall–Kier alpha value is -1.27. The van der Waals surface area contributed by atoms with Gasteiger partial charge in [0.1, 0.15) is 0 Å². The van der Waals surface area contributed by atoms with Gasteiger partial charge in [-0.15, -0.1) is 0 Å². The first kappa shape index (κ1) is 12.8. The van der Waals surface area contributed by atoms with E-state index in [0.717, 1.165) is 12.8 Å². The molecule has 1 aromatic rings. The van der Waals surface area contributed by atoms with Gasteiger partial charge in [0.2, 0.25) is 5.82 Å². The van der Waals surface area contributed by atoms with Crippen molar-refractivity contribution in [3.63, 3.8) is 0 Å². The molecule has 16 heavy (non-hydrogen) atoms. The van der Waals surface area contributed by atoms with Gasteiger partial charge in [-0.05, 0) is 12.5 Å². The third-order valence-corrected chi connectivity index (χ3v) is 2.15. The van der Waals surface area contributed by atoms with Gasteiger partial charge in [-0.1, -0.05) is 19.4 Å². The molecule has 0 fully saturated rings. The lowest BCUT2D eigenvalue weighted by atomic mass is 9.79. The quantitative estimate of drug-likeness (QED) is 0.503. The smallest absolute Gasteiger partial charge is 0.492 e. The lowest BCUT2D eigenvalue weighted by Crippen LogP contribution is -2.30. The number of benzene rings is 1. The van der Waals surface area contributed by atoms with Crippen LogP contribution in [0.4, 0.5) is 4.39 Å². The third kappa shape index (κ3) is 2.87. The lowest BCUT2D eigenvalue weighted by molar-refractivity contribution is 0.288. The topological polar surface area (TPSA) is 69.9 Å². The van der Waals surface area contributed by atoms with Gasteiger partial charge in [0.25, 0.3) is 0 Å². The van der Waals surface area contributed by atoms with E-state index in [-0.39, 0.29) is 11.2 Å². The summed E-state index contributed by atoms with van der Waals surface area (Å²) in [6.45, 7) is 2.33. The van der Waals surface area contributed by atoms with Crippen molar-refractivity contribution in [1.29, 1.82) is 0 Å². The average molecular weight is 228 g/mol. The molecule has 0 aromatic heterocycles. The fourth-order valence-corrected chi connectivity index (χ4v) is 1.21. The molecule has 3 N–H and O–H groups in total. The summed E-state index contributed by atoms with van der Waals surface area (Å²) in [6.07, 6.45) is 1.70. The molecule has 0 aliphatic heterocycles. The minimum Gasteiger partial charge on any atom is -0.505 e. The van der Waals surface area contributed by atoms with E-state index in [4.69, 9.17) is 14.8 Å². The minimum atomic E-state index is -1.90. The Kier molecular flexibility index (Phi) is 4.58. The summed E-state index contributed by atoms with van der Waals surface area (Å²) >= 11 is 0. The lowest BCUT2D eigenvalue weighted by Gasteiger charge is -2.10. The monoisotopic (exact) mass is 228 g/mol. The molecular weight excluding hydrogens is 214 g/mol. The van der Waals surface area contributed by atoms with Crippen LogP contribution in [-0.2, 0) is 0 Å². The van der Waals surface area contributed by atoms with Crippen molar-refractivity contribution in [2.24, 2.45) is 0 Å². The van der Waals surface area contributed by atoms with E-state index in [1.807, 2.05) is 6.92 Å². The maximum atomic E-state index is 13.5. The van der Waals surface area contributed by atoms with Crippen LogP contribution in [0, 0.1) is 5.82 Å². The number of ether oxygens (including phenoxy) is 1. The molecule has 0 aliphatic carbocycles. The molecule has 0 heterocycles. The highest BCUT2D eigenvalue weighted by atomic mass is 19.1. The van der Waals surface area contributed by atoms with Gasteiger partial charge < -0.3 is 19.9 Å².